The Morgan fingerprint density at radius 3 is 2.56 bits per heavy atom. The van der Waals surface area contributed by atoms with Gasteiger partial charge < -0.3 is 9.84 Å². The maximum atomic E-state index is 12.4. The molecule has 0 aliphatic rings. The summed E-state index contributed by atoms with van der Waals surface area (Å²) in [7, 11) is 0. The lowest BCUT2D eigenvalue weighted by Gasteiger charge is -2.11. The molecule has 98 valence electrons. The summed E-state index contributed by atoms with van der Waals surface area (Å²) in [4.78, 5) is 20.8. The first-order valence-electron chi connectivity index (χ1n) is 4.85. The summed E-state index contributed by atoms with van der Waals surface area (Å²) < 4.78 is 42.1. The highest BCUT2D eigenvalue weighted by Gasteiger charge is 2.31. The Morgan fingerprint density at radius 2 is 2.06 bits per heavy atom. The lowest BCUT2D eigenvalue weighted by atomic mass is 10.1. The van der Waals surface area contributed by atoms with E-state index >= 15 is 0 Å². The predicted molar refractivity (Wildman–Crippen MR) is 54.6 cm³/mol. The zero-order valence-electron chi connectivity index (χ0n) is 9.03. The van der Waals surface area contributed by atoms with E-state index in [1.165, 1.54) is 0 Å². The first-order chi connectivity index (χ1) is 8.34. The molecule has 0 aliphatic heterocycles. The highest BCUT2D eigenvalue weighted by molar-refractivity contribution is 5.79. The van der Waals surface area contributed by atoms with Crippen molar-refractivity contribution in [2.75, 3.05) is 6.61 Å². The monoisotopic (exact) mass is 262 g/mol. The molecule has 18 heavy (non-hydrogen) atoms. The van der Waals surface area contributed by atoms with E-state index in [9.17, 15) is 22.8 Å². The minimum absolute atomic E-state index is 0.0617. The van der Waals surface area contributed by atoms with Gasteiger partial charge in [-0.2, -0.15) is 13.2 Å². The van der Waals surface area contributed by atoms with Crippen LogP contribution in [0, 0.1) is 0 Å². The summed E-state index contributed by atoms with van der Waals surface area (Å²) in [6.07, 6.45) is -4.57. The van der Waals surface area contributed by atoms with Gasteiger partial charge in [0.15, 0.2) is 6.29 Å². The fourth-order valence-electron chi connectivity index (χ4n) is 1.18. The summed E-state index contributed by atoms with van der Waals surface area (Å²) in [6.45, 7) is -0.308. The van der Waals surface area contributed by atoms with Crippen molar-refractivity contribution in [3.05, 3.63) is 29.3 Å². The lowest BCUT2D eigenvalue weighted by molar-refractivity contribution is -0.139. The second-order valence-corrected chi connectivity index (χ2v) is 3.36. The number of ether oxygens (including phenoxy) is 1. The van der Waals surface area contributed by atoms with Gasteiger partial charge in [-0.05, 0) is 18.2 Å². The Labute approximate surface area is 100.0 Å². The smallest absolute Gasteiger partial charge is 0.416 e. The van der Waals surface area contributed by atoms with Gasteiger partial charge in [-0.3, -0.25) is 9.59 Å². The topological polar surface area (TPSA) is 63.6 Å². The van der Waals surface area contributed by atoms with Crippen LogP contribution in [-0.4, -0.2) is 24.0 Å². The molecule has 0 spiro atoms. The molecular weight excluding hydrogens is 253 g/mol. The number of halogens is 3. The number of carbonyl (C=O) groups is 2. The third kappa shape index (κ3) is 3.76. The number of benzene rings is 1. The maximum absolute atomic E-state index is 12.4. The molecule has 0 bridgehead atoms. The minimum atomic E-state index is -4.55. The highest BCUT2D eigenvalue weighted by Crippen LogP contribution is 2.32. The lowest BCUT2D eigenvalue weighted by Crippen LogP contribution is -2.09. The van der Waals surface area contributed by atoms with Crippen molar-refractivity contribution >= 4 is 12.3 Å². The van der Waals surface area contributed by atoms with Crippen LogP contribution in [0.2, 0.25) is 0 Å². The summed E-state index contributed by atoms with van der Waals surface area (Å²) in [5, 5.41) is 8.37. The van der Waals surface area contributed by atoms with Gasteiger partial charge in [-0.15, -0.1) is 0 Å². The molecule has 0 fully saturated rings. The Balaban J connectivity index is 2.92. The molecule has 0 atom stereocenters. The molecule has 1 rings (SSSR count). The van der Waals surface area contributed by atoms with Crippen LogP contribution in [0.4, 0.5) is 13.2 Å². The quantitative estimate of drug-likeness (QED) is 0.827. The van der Waals surface area contributed by atoms with E-state index in [0.717, 1.165) is 12.1 Å². The number of carbonyl (C=O) groups excluding carboxylic acids is 1. The number of carboxylic acid groups (broad SMARTS) is 1. The van der Waals surface area contributed by atoms with E-state index in [1.54, 1.807) is 0 Å². The molecule has 0 saturated heterocycles. The third-order valence-corrected chi connectivity index (χ3v) is 2.04. The van der Waals surface area contributed by atoms with Crippen molar-refractivity contribution in [3.8, 4) is 5.75 Å². The standard InChI is InChI=1S/C11H9F3O4/c12-11(13,14)8-2-1-7(6-15)9(5-8)18-4-3-10(16)17/h1-2,5-6H,3-4H2,(H,16,17). The van der Waals surface area contributed by atoms with Crippen molar-refractivity contribution in [2.24, 2.45) is 0 Å². The largest absolute Gasteiger partial charge is 0.492 e. The van der Waals surface area contributed by atoms with Crippen LogP contribution in [0.1, 0.15) is 22.3 Å². The van der Waals surface area contributed by atoms with Crippen LogP contribution in [-0.2, 0) is 11.0 Å². The van der Waals surface area contributed by atoms with Crippen LogP contribution in [0.25, 0.3) is 0 Å². The fourth-order valence-corrected chi connectivity index (χ4v) is 1.18. The normalized spacial score (nSPS) is 11.1. The Morgan fingerprint density at radius 1 is 1.39 bits per heavy atom. The molecule has 1 aromatic carbocycles. The molecule has 0 heterocycles. The SMILES string of the molecule is O=Cc1ccc(C(F)(F)F)cc1OCCC(=O)O. The molecule has 1 aromatic rings. The van der Waals surface area contributed by atoms with E-state index in [2.05, 4.69) is 0 Å². The van der Waals surface area contributed by atoms with E-state index in [1.807, 2.05) is 0 Å². The number of carboxylic acids is 1. The third-order valence-electron chi connectivity index (χ3n) is 2.04. The van der Waals surface area contributed by atoms with Crippen molar-refractivity contribution in [1.82, 2.24) is 0 Å². The fraction of sp³-hybridized carbons (Fsp3) is 0.273. The first-order valence-corrected chi connectivity index (χ1v) is 4.85. The number of aliphatic carboxylic acids is 1. The van der Waals surface area contributed by atoms with Gasteiger partial charge in [0, 0.05) is 0 Å². The van der Waals surface area contributed by atoms with Crippen molar-refractivity contribution in [2.45, 2.75) is 12.6 Å². The zero-order chi connectivity index (χ0) is 13.8. The maximum Gasteiger partial charge on any atom is 0.416 e. The number of rotatable bonds is 5. The molecular formula is C11H9F3O4. The van der Waals surface area contributed by atoms with E-state index in [4.69, 9.17) is 9.84 Å². The van der Waals surface area contributed by atoms with Gasteiger partial charge in [0.25, 0.3) is 0 Å². The van der Waals surface area contributed by atoms with Gasteiger partial charge in [0.2, 0.25) is 0 Å². The molecule has 7 heteroatoms. The van der Waals surface area contributed by atoms with Gasteiger partial charge in [-0.1, -0.05) is 0 Å². The number of hydrogen-bond donors (Lipinski definition) is 1. The van der Waals surface area contributed by atoms with Crippen LogP contribution >= 0.6 is 0 Å². The summed E-state index contributed by atoms with van der Waals surface area (Å²) >= 11 is 0. The Hall–Kier alpha value is -2.05. The molecule has 0 aromatic heterocycles. The van der Waals surface area contributed by atoms with Gasteiger partial charge in [0.1, 0.15) is 5.75 Å². The Kier molecular flexibility index (Phi) is 4.30. The average Bonchev–Trinajstić information content (AvgIpc) is 2.27. The molecule has 0 radical (unpaired) electrons. The van der Waals surface area contributed by atoms with E-state index < -0.39 is 17.7 Å². The van der Waals surface area contributed by atoms with Gasteiger partial charge >= 0.3 is 12.1 Å². The molecule has 1 N–H and O–H groups in total. The first kappa shape index (κ1) is 14.0. The van der Waals surface area contributed by atoms with Crippen LogP contribution < -0.4 is 4.74 Å². The minimum Gasteiger partial charge on any atom is -0.492 e. The van der Waals surface area contributed by atoms with Crippen LogP contribution in [0.3, 0.4) is 0 Å². The second kappa shape index (κ2) is 5.52. The molecule has 0 amide bonds. The average molecular weight is 262 g/mol. The van der Waals surface area contributed by atoms with Crippen LogP contribution in [0.5, 0.6) is 5.75 Å². The van der Waals surface area contributed by atoms with E-state index in [-0.39, 0.29) is 24.3 Å². The van der Waals surface area contributed by atoms with Gasteiger partial charge in [-0.25, -0.2) is 0 Å². The molecule has 0 saturated carbocycles. The van der Waals surface area contributed by atoms with Gasteiger partial charge in [0.05, 0.1) is 24.2 Å². The summed E-state index contributed by atoms with van der Waals surface area (Å²) in [5.41, 5.74) is -1.02. The predicted octanol–water partition coefficient (Wildman–Crippen LogP) is 2.37. The van der Waals surface area contributed by atoms with Crippen LogP contribution in [0.15, 0.2) is 18.2 Å². The van der Waals surface area contributed by atoms with E-state index in [0.29, 0.717) is 12.4 Å². The Bertz CT molecular complexity index is 454. The van der Waals surface area contributed by atoms with Crippen molar-refractivity contribution in [3.63, 3.8) is 0 Å². The molecule has 0 aliphatic carbocycles. The van der Waals surface area contributed by atoms with Crippen molar-refractivity contribution < 1.29 is 32.6 Å². The molecule has 0 unspecified atom stereocenters. The summed E-state index contributed by atoms with van der Waals surface area (Å²) in [6, 6.07) is 2.41. The second-order valence-electron chi connectivity index (χ2n) is 3.36. The number of alkyl halides is 3. The number of hydrogen-bond acceptors (Lipinski definition) is 3. The number of aldehydes is 1. The zero-order valence-corrected chi connectivity index (χ0v) is 9.03. The summed E-state index contributed by atoms with van der Waals surface area (Å²) in [5.74, 6) is -1.42. The van der Waals surface area contributed by atoms with Crippen molar-refractivity contribution in [1.29, 1.82) is 0 Å². The highest BCUT2D eigenvalue weighted by atomic mass is 19.4. The molecule has 4 nitrogen and oxygen atoms in total.